The van der Waals surface area contributed by atoms with E-state index in [1.165, 1.54) is 0 Å². The number of alkyl halides is 3. The SMILES string of the molecule is O=[15N+]([O-])c1ccc(OC(F)(F)F)cc1. The number of nitro benzene ring substituents is 1. The molecule has 0 radical (unpaired) electrons. The molecule has 0 heterocycles. The fourth-order valence-corrected chi connectivity index (χ4v) is 0.770. The maximum Gasteiger partial charge on any atom is 0.573 e. The van der Waals surface area contributed by atoms with E-state index >= 15 is 0 Å². The first-order valence-corrected chi connectivity index (χ1v) is 3.39. The number of non-ortho nitro benzene ring substituents is 1. The van der Waals surface area contributed by atoms with Crippen molar-refractivity contribution in [2.75, 3.05) is 0 Å². The van der Waals surface area contributed by atoms with Gasteiger partial charge in [-0.05, 0) is 12.1 Å². The molecule has 7 heteroatoms. The average molecular weight is 208 g/mol. The molecule has 76 valence electrons. The third kappa shape index (κ3) is 2.92. The van der Waals surface area contributed by atoms with Gasteiger partial charge < -0.3 is 4.74 Å². The molecule has 1 rings (SSSR count). The number of rotatable bonds is 2. The van der Waals surface area contributed by atoms with Crippen molar-refractivity contribution in [2.45, 2.75) is 6.36 Å². The summed E-state index contributed by atoms with van der Waals surface area (Å²) in [5, 5.41) is 10.1. The maximum atomic E-state index is 11.6. The van der Waals surface area contributed by atoms with Gasteiger partial charge in [0.15, 0.2) is 0 Å². The Morgan fingerprint density at radius 3 is 2.07 bits per heavy atom. The van der Waals surface area contributed by atoms with Crippen LogP contribution in [0.4, 0.5) is 18.9 Å². The zero-order chi connectivity index (χ0) is 10.8. The van der Waals surface area contributed by atoms with Crippen molar-refractivity contribution in [2.24, 2.45) is 0 Å². The van der Waals surface area contributed by atoms with E-state index in [2.05, 4.69) is 4.74 Å². The summed E-state index contributed by atoms with van der Waals surface area (Å²) >= 11 is 0. The minimum absolute atomic E-state index is 0.292. The summed E-state index contributed by atoms with van der Waals surface area (Å²) in [6.45, 7) is 0. The van der Waals surface area contributed by atoms with Crippen LogP contribution in [0.1, 0.15) is 0 Å². The molecule has 0 aliphatic heterocycles. The van der Waals surface area contributed by atoms with E-state index in [0.29, 0.717) is 0 Å². The summed E-state index contributed by atoms with van der Waals surface area (Å²) in [6, 6.07) is 3.62. The first-order valence-electron chi connectivity index (χ1n) is 3.39. The molecule has 0 aromatic heterocycles. The standard InChI is InChI=1S/C7H4F3NO3/c8-7(9,10)14-6-3-1-5(2-4-6)11(12)13/h1-4H/i11+1. The highest BCUT2D eigenvalue weighted by molar-refractivity contribution is 5.35. The van der Waals surface area contributed by atoms with Crippen molar-refractivity contribution >= 4 is 5.69 Å². The van der Waals surface area contributed by atoms with Crippen molar-refractivity contribution in [1.82, 2.24) is 0 Å². The number of ether oxygens (including phenoxy) is 1. The first kappa shape index (κ1) is 10.3. The smallest absolute Gasteiger partial charge is 0.406 e. The van der Waals surface area contributed by atoms with E-state index in [1.54, 1.807) is 0 Å². The lowest BCUT2D eigenvalue weighted by atomic mass is 10.3. The predicted octanol–water partition coefficient (Wildman–Crippen LogP) is 2.49. The molecular weight excluding hydrogens is 204 g/mol. The van der Waals surface area contributed by atoms with Gasteiger partial charge in [0.05, 0.1) is 4.92 Å². The van der Waals surface area contributed by atoms with Crippen LogP contribution in [0.25, 0.3) is 0 Å². The molecule has 0 unspecified atom stereocenters. The largest absolute Gasteiger partial charge is 0.573 e. The zero-order valence-electron chi connectivity index (χ0n) is 6.62. The topological polar surface area (TPSA) is 52.4 Å². The van der Waals surface area contributed by atoms with Crippen molar-refractivity contribution < 1.29 is 22.8 Å². The number of halogens is 3. The molecule has 0 aliphatic rings. The van der Waals surface area contributed by atoms with E-state index in [-0.39, 0.29) is 5.69 Å². The minimum atomic E-state index is -4.78. The van der Waals surface area contributed by atoms with Gasteiger partial charge >= 0.3 is 6.36 Å². The molecule has 0 N–H and O–H groups in total. The van der Waals surface area contributed by atoms with E-state index in [1.807, 2.05) is 0 Å². The van der Waals surface area contributed by atoms with E-state index in [4.69, 9.17) is 0 Å². The molecule has 0 fully saturated rings. The second kappa shape index (κ2) is 3.52. The van der Waals surface area contributed by atoms with Gasteiger partial charge in [-0.2, -0.15) is 0 Å². The lowest BCUT2D eigenvalue weighted by Crippen LogP contribution is -2.16. The van der Waals surface area contributed by atoms with Gasteiger partial charge in [-0.3, -0.25) is 10.1 Å². The van der Waals surface area contributed by atoms with Crippen LogP contribution in [-0.4, -0.2) is 11.3 Å². The third-order valence-corrected chi connectivity index (χ3v) is 1.28. The summed E-state index contributed by atoms with van der Waals surface area (Å²) in [5.74, 6) is -0.483. The number of benzene rings is 1. The Hall–Kier alpha value is -1.79. The molecular formula is C7H4F3NO3. The molecule has 0 aliphatic carbocycles. The highest BCUT2D eigenvalue weighted by Gasteiger charge is 2.31. The van der Waals surface area contributed by atoms with Gasteiger partial charge in [0.25, 0.3) is 5.69 Å². The summed E-state index contributed by atoms with van der Waals surface area (Å²) in [6.07, 6.45) is -4.78. The van der Waals surface area contributed by atoms with Crippen molar-refractivity contribution in [3.63, 3.8) is 0 Å². The van der Waals surface area contributed by atoms with Crippen LogP contribution in [0.5, 0.6) is 5.75 Å². The van der Waals surface area contributed by atoms with Gasteiger partial charge in [-0.1, -0.05) is 0 Å². The second-order valence-electron chi connectivity index (χ2n) is 2.30. The van der Waals surface area contributed by atoms with Crippen LogP contribution in [-0.2, 0) is 0 Å². The average Bonchev–Trinajstić information content (AvgIpc) is 2.02. The molecule has 0 amide bonds. The molecule has 0 saturated heterocycles. The number of nitrogens with zero attached hydrogens (tertiary/aromatic N) is 1. The Morgan fingerprint density at radius 1 is 1.21 bits per heavy atom. The summed E-state index contributed by atoms with van der Waals surface area (Å²) in [5.41, 5.74) is -0.292. The van der Waals surface area contributed by atoms with E-state index in [9.17, 15) is 23.3 Å². The van der Waals surface area contributed by atoms with Crippen LogP contribution < -0.4 is 4.74 Å². The quantitative estimate of drug-likeness (QED) is 0.426. The lowest BCUT2D eigenvalue weighted by molar-refractivity contribution is -0.384. The van der Waals surface area contributed by atoms with Crippen molar-refractivity contribution in [1.29, 1.82) is 0 Å². The molecule has 1 aromatic rings. The summed E-state index contributed by atoms with van der Waals surface area (Å²) in [7, 11) is 0. The molecule has 0 saturated carbocycles. The molecule has 0 bridgehead atoms. The van der Waals surface area contributed by atoms with Gasteiger partial charge in [0, 0.05) is 12.1 Å². The van der Waals surface area contributed by atoms with Crippen LogP contribution in [0, 0.1) is 10.1 Å². The van der Waals surface area contributed by atoms with Gasteiger partial charge in [0.1, 0.15) is 5.75 Å². The normalized spacial score (nSPS) is 11.1. The Kier molecular flexibility index (Phi) is 2.59. The minimum Gasteiger partial charge on any atom is -0.406 e. The second-order valence-corrected chi connectivity index (χ2v) is 2.30. The third-order valence-electron chi connectivity index (χ3n) is 1.28. The van der Waals surface area contributed by atoms with E-state index in [0.717, 1.165) is 24.3 Å². The number of nitro groups is 1. The fraction of sp³-hybridized carbons (Fsp3) is 0.143. The van der Waals surface area contributed by atoms with E-state index < -0.39 is 17.0 Å². The van der Waals surface area contributed by atoms with Crippen molar-refractivity contribution in [3.05, 3.63) is 34.4 Å². The molecule has 0 spiro atoms. The Labute approximate surface area is 76.1 Å². The van der Waals surface area contributed by atoms with Crippen molar-refractivity contribution in [3.8, 4) is 5.75 Å². The highest BCUT2D eigenvalue weighted by Crippen LogP contribution is 2.24. The number of hydrogen-bond acceptors (Lipinski definition) is 3. The molecule has 0 atom stereocenters. The molecule has 4 nitrogen and oxygen atoms in total. The number of hydrogen-bond donors (Lipinski definition) is 0. The van der Waals surface area contributed by atoms with Gasteiger partial charge in [0.2, 0.25) is 0 Å². The predicted molar refractivity (Wildman–Crippen MR) is 39.8 cm³/mol. The zero-order valence-corrected chi connectivity index (χ0v) is 6.62. The Balaban J connectivity index is 2.79. The highest BCUT2D eigenvalue weighted by atomic mass is 19.4. The molecule has 1 aromatic carbocycles. The van der Waals surface area contributed by atoms with Gasteiger partial charge in [-0.25, -0.2) is 0 Å². The van der Waals surface area contributed by atoms with Crippen LogP contribution in [0.15, 0.2) is 24.3 Å². The van der Waals surface area contributed by atoms with Crippen LogP contribution >= 0.6 is 0 Å². The van der Waals surface area contributed by atoms with Crippen LogP contribution in [0.2, 0.25) is 0 Å². The summed E-state index contributed by atoms with van der Waals surface area (Å²) in [4.78, 5) is 9.43. The Morgan fingerprint density at radius 2 is 1.71 bits per heavy atom. The molecule has 14 heavy (non-hydrogen) atoms. The first-order chi connectivity index (χ1) is 6.38. The maximum absolute atomic E-state index is 11.6. The van der Waals surface area contributed by atoms with Gasteiger partial charge in [-0.15, -0.1) is 13.2 Å². The lowest BCUT2D eigenvalue weighted by Gasteiger charge is -2.07. The van der Waals surface area contributed by atoms with Crippen LogP contribution in [0.3, 0.4) is 0 Å². The summed E-state index contributed by atoms with van der Waals surface area (Å²) < 4.78 is 38.4. The monoisotopic (exact) mass is 208 g/mol. The Bertz CT molecular complexity index is 333. The fourth-order valence-electron chi connectivity index (χ4n) is 0.770.